The van der Waals surface area contributed by atoms with Crippen molar-refractivity contribution < 1.29 is 18.7 Å². The highest BCUT2D eigenvalue weighted by Gasteiger charge is 2.17. The Hall–Kier alpha value is -4.00. The summed E-state index contributed by atoms with van der Waals surface area (Å²) in [5.41, 5.74) is -0.280. The van der Waals surface area contributed by atoms with Crippen LogP contribution in [0.4, 0.5) is 5.69 Å². The highest BCUT2D eigenvalue weighted by Crippen LogP contribution is 2.38. The van der Waals surface area contributed by atoms with Gasteiger partial charge in [0.2, 0.25) is 0 Å². The fourth-order valence-electron chi connectivity index (χ4n) is 3.71. The van der Waals surface area contributed by atoms with Gasteiger partial charge in [-0.2, -0.15) is 0 Å². The predicted octanol–water partition coefficient (Wildman–Crippen LogP) is 7.31. The number of hydrogen-bond donors (Lipinski definition) is 1. The number of nitrogens with one attached hydrogen (secondary N) is 1. The fraction of sp³-hybridized carbons (Fsp3) is 0.0370. The number of para-hydroxylation sites is 1. The third kappa shape index (κ3) is 4.41. The molecule has 174 valence electrons. The number of ether oxygens (including phenoxy) is 2. The van der Waals surface area contributed by atoms with Crippen molar-refractivity contribution in [2.24, 2.45) is 0 Å². The summed E-state index contributed by atoms with van der Waals surface area (Å²) in [6, 6.07) is 22.7. The van der Waals surface area contributed by atoms with E-state index in [9.17, 15) is 9.59 Å². The molecule has 0 atom stereocenters. The summed E-state index contributed by atoms with van der Waals surface area (Å²) >= 11 is 12.9. The van der Waals surface area contributed by atoms with Crippen LogP contribution in [-0.4, -0.2) is 13.0 Å². The van der Waals surface area contributed by atoms with E-state index in [0.717, 1.165) is 10.8 Å². The lowest BCUT2D eigenvalue weighted by Crippen LogP contribution is -2.20. The van der Waals surface area contributed by atoms with Gasteiger partial charge in [0.05, 0.1) is 17.2 Å². The molecule has 5 rings (SSSR count). The minimum atomic E-state index is -0.781. The van der Waals surface area contributed by atoms with Crippen molar-refractivity contribution >= 4 is 56.5 Å². The van der Waals surface area contributed by atoms with Gasteiger partial charge < -0.3 is 19.2 Å². The molecule has 6 nitrogen and oxygen atoms in total. The predicted molar refractivity (Wildman–Crippen MR) is 137 cm³/mol. The van der Waals surface area contributed by atoms with Gasteiger partial charge in [-0.15, -0.1) is 0 Å². The number of halogens is 2. The van der Waals surface area contributed by atoms with Crippen LogP contribution in [0, 0.1) is 0 Å². The van der Waals surface area contributed by atoms with Crippen LogP contribution in [0.1, 0.15) is 10.4 Å². The Bertz CT molecular complexity index is 1660. The third-order valence-electron chi connectivity index (χ3n) is 5.43. The Kier molecular flexibility index (Phi) is 6.07. The van der Waals surface area contributed by atoms with E-state index in [-0.39, 0.29) is 16.2 Å². The maximum Gasteiger partial charge on any atom is 0.349 e. The molecule has 1 amide bonds. The van der Waals surface area contributed by atoms with E-state index in [4.69, 9.17) is 37.1 Å². The van der Waals surface area contributed by atoms with Crippen LogP contribution < -0.4 is 20.4 Å². The van der Waals surface area contributed by atoms with E-state index in [0.29, 0.717) is 33.3 Å². The molecule has 0 radical (unpaired) electrons. The minimum absolute atomic E-state index is 0.148. The smallest absolute Gasteiger partial charge is 0.349 e. The van der Waals surface area contributed by atoms with Crippen molar-refractivity contribution in [1.29, 1.82) is 0 Å². The first-order chi connectivity index (χ1) is 16.9. The molecule has 5 aromatic rings. The Morgan fingerprint density at radius 1 is 0.857 bits per heavy atom. The van der Waals surface area contributed by atoms with Crippen LogP contribution in [0.15, 0.2) is 88.1 Å². The van der Waals surface area contributed by atoms with E-state index in [1.54, 1.807) is 36.4 Å². The second kappa shape index (κ2) is 9.33. The van der Waals surface area contributed by atoms with E-state index in [1.165, 1.54) is 19.2 Å². The van der Waals surface area contributed by atoms with Gasteiger partial charge in [-0.25, -0.2) is 4.79 Å². The number of rotatable bonds is 5. The zero-order valence-corrected chi connectivity index (χ0v) is 19.8. The number of hydrogen-bond acceptors (Lipinski definition) is 5. The molecule has 0 aliphatic rings. The normalized spacial score (nSPS) is 10.9. The quantitative estimate of drug-likeness (QED) is 0.253. The number of carbonyl (C=O) groups is 1. The second-order valence-corrected chi connectivity index (χ2v) is 8.41. The van der Waals surface area contributed by atoms with Crippen molar-refractivity contribution in [1.82, 2.24) is 0 Å². The van der Waals surface area contributed by atoms with Crippen LogP contribution >= 0.6 is 23.2 Å². The number of methoxy groups -OCH3 is 1. The summed E-state index contributed by atoms with van der Waals surface area (Å²) in [4.78, 5) is 25.2. The lowest BCUT2D eigenvalue weighted by atomic mass is 10.1. The van der Waals surface area contributed by atoms with Crippen molar-refractivity contribution in [3.8, 4) is 17.2 Å². The van der Waals surface area contributed by atoms with Gasteiger partial charge in [-0.05, 0) is 41.8 Å². The maximum atomic E-state index is 12.8. The molecule has 4 aromatic carbocycles. The first-order valence-corrected chi connectivity index (χ1v) is 11.3. The molecule has 1 N–H and O–H groups in total. The maximum absolute atomic E-state index is 12.8. The average molecular weight is 506 g/mol. The van der Waals surface area contributed by atoms with E-state index >= 15 is 0 Å². The molecule has 0 saturated heterocycles. The highest BCUT2D eigenvalue weighted by atomic mass is 35.5. The van der Waals surface area contributed by atoms with E-state index in [1.807, 2.05) is 30.3 Å². The first-order valence-electron chi connectivity index (χ1n) is 10.5. The zero-order chi connectivity index (χ0) is 24.5. The Morgan fingerprint density at radius 3 is 2.43 bits per heavy atom. The molecular formula is C27H17Cl2NO5. The van der Waals surface area contributed by atoms with Gasteiger partial charge in [0.15, 0.2) is 11.3 Å². The molecule has 0 aliphatic heterocycles. The summed E-state index contributed by atoms with van der Waals surface area (Å²) in [6.07, 6.45) is 0. The number of anilines is 1. The van der Waals surface area contributed by atoms with Crippen LogP contribution in [0.3, 0.4) is 0 Å². The Labute approximate surface area is 209 Å². The summed E-state index contributed by atoms with van der Waals surface area (Å²) in [6.45, 7) is 0. The largest absolute Gasteiger partial charge is 0.493 e. The fourth-order valence-corrected chi connectivity index (χ4v) is 4.20. The number of carbonyl (C=O) groups excluding carboxylic acids is 1. The van der Waals surface area contributed by atoms with Crippen LogP contribution in [0.25, 0.3) is 21.7 Å². The van der Waals surface area contributed by atoms with Gasteiger partial charge in [0.1, 0.15) is 17.1 Å². The van der Waals surface area contributed by atoms with Gasteiger partial charge in [0.25, 0.3) is 5.91 Å². The molecule has 1 aromatic heterocycles. The summed E-state index contributed by atoms with van der Waals surface area (Å²) < 4.78 is 16.5. The standard InChI is InChI=1S/C27H17Cl2NO5/c1-33-23-8-4-6-16-13-19(27(32)35-25(16)23)26(31)30-17-10-12-21(20(28)14-17)34-22-11-9-15-5-2-3-7-18(15)24(22)29/h2-14H,1H3,(H,30,31). The lowest BCUT2D eigenvalue weighted by Gasteiger charge is -2.12. The molecule has 1 heterocycles. The SMILES string of the molecule is COc1cccc2cc(C(=O)Nc3ccc(Oc4ccc5ccccc5c4Cl)c(Cl)c3)c(=O)oc12. The van der Waals surface area contributed by atoms with Crippen LogP contribution in [0.5, 0.6) is 17.2 Å². The average Bonchev–Trinajstić information content (AvgIpc) is 2.86. The molecule has 0 fully saturated rings. The second-order valence-electron chi connectivity index (χ2n) is 7.63. The topological polar surface area (TPSA) is 77.8 Å². The minimum Gasteiger partial charge on any atom is -0.493 e. The number of fused-ring (bicyclic) bond motifs is 2. The molecule has 0 bridgehead atoms. The number of benzene rings is 4. The monoisotopic (exact) mass is 505 g/mol. The Morgan fingerprint density at radius 2 is 1.63 bits per heavy atom. The molecule has 8 heteroatoms. The molecule has 0 aliphatic carbocycles. The zero-order valence-electron chi connectivity index (χ0n) is 18.3. The van der Waals surface area contributed by atoms with Crippen LogP contribution in [-0.2, 0) is 0 Å². The third-order valence-corrected chi connectivity index (χ3v) is 6.11. The van der Waals surface area contributed by atoms with Gasteiger partial charge >= 0.3 is 5.63 Å². The Balaban J connectivity index is 1.38. The van der Waals surface area contributed by atoms with E-state index < -0.39 is 11.5 Å². The van der Waals surface area contributed by atoms with Gasteiger partial charge in [-0.1, -0.05) is 65.7 Å². The number of amides is 1. The molecule has 0 saturated carbocycles. The van der Waals surface area contributed by atoms with E-state index in [2.05, 4.69) is 5.32 Å². The van der Waals surface area contributed by atoms with Crippen LogP contribution in [0.2, 0.25) is 10.0 Å². The molecular weight excluding hydrogens is 489 g/mol. The van der Waals surface area contributed by atoms with Gasteiger partial charge in [-0.3, -0.25) is 4.79 Å². The molecule has 0 spiro atoms. The summed E-state index contributed by atoms with van der Waals surface area (Å²) in [5, 5.41) is 5.79. The van der Waals surface area contributed by atoms with Gasteiger partial charge in [0, 0.05) is 16.5 Å². The summed E-state index contributed by atoms with van der Waals surface area (Å²) in [5.74, 6) is 0.582. The van der Waals surface area contributed by atoms with Crippen molar-refractivity contribution in [2.45, 2.75) is 0 Å². The van der Waals surface area contributed by atoms with Crippen molar-refractivity contribution in [3.63, 3.8) is 0 Å². The molecule has 35 heavy (non-hydrogen) atoms. The molecule has 0 unspecified atom stereocenters. The lowest BCUT2D eigenvalue weighted by molar-refractivity contribution is 0.102. The highest BCUT2D eigenvalue weighted by molar-refractivity contribution is 6.37. The van der Waals surface area contributed by atoms with Crippen molar-refractivity contribution in [2.75, 3.05) is 12.4 Å². The first kappa shape index (κ1) is 22.8. The van der Waals surface area contributed by atoms with Crippen molar-refractivity contribution in [3.05, 3.63) is 105 Å². The summed E-state index contributed by atoms with van der Waals surface area (Å²) in [7, 11) is 1.47.